The molecular weight excluding hydrogens is 284 g/mol. The minimum absolute atomic E-state index is 0.285. The van der Waals surface area contributed by atoms with E-state index in [0.717, 1.165) is 56.3 Å². The van der Waals surface area contributed by atoms with E-state index < -0.39 is 0 Å². The molecule has 3 fully saturated rings. The molecule has 130 valence electrons. The predicted octanol–water partition coefficient (Wildman–Crippen LogP) is 5.66. The average molecular weight is 319 g/mol. The smallest absolute Gasteiger partial charge is 0.136 e. The molecule has 23 heavy (non-hydrogen) atoms. The number of allylic oxidation sites excluding steroid dienone is 1. The summed E-state index contributed by atoms with van der Waals surface area (Å²) in [5.41, 5.74) is 0. The lowest BCUT2D eigenvalue weighted by Gasteiger charge is -2.18. The van der Waals surface area contributed by atoms with Crippen molar-refractivity contribution < 1.29 is 9.53 Å². The van der Waals surface area contributed by atoms with Crippen molar-refractivity contribution in [3.63, 3.8) is 0 Å². The summed E-state index contributed by atoms with van der Waals surface area (Å²) >= 11 is 0. The summed E-state index contributed by atoms with van der Waals surface area (Å²) < 4.78 is 5.97. The third-order valence-electron chi connectivity index (χ3n) is 6.60. The predicted molar refractivity (Wildman–Crippen MR) is 94.1 cm³/mol. The Morgan fingerprint density at radius 2 is 1.48 bits per heavy atom. The molecule has 3 rings (SSSR count). The van der Waals surface area contributed by atoms with E-state index in [1.54, 1.807) is 0 Å². The van der Waals surface area contributed by atoms with Gasteiger partial charge in [-0.1, -0.05) is 45.1 Å². The lowest BCUT2D eigenvalue weighted by molar-refractivity contribution is -0.123. The Labute approximate surface area is 142 Å². The van der Waals surface area contributed by atoms with E-state index in [2.05, 4.69) is 6.58 Å². The zero-order valence-electron chi connectivity index (χ0n) is 14.7. The highest BCUT2D eigenvalue weighted by molar-refractivity contribution is 5.81. The molecule has 2 unspecified atom stereocenters. The first-order valence-corrected chi connectivity index (χ1v) is 10.1. The minimum atomic E-state index is 0.285. The standard InChI is InChI=1S/C21H34O2/c1-16(23-15-18-8-4-5-9-18)19-11-12-20(14-19)21(22)13-10-17-6-2-3-7-17/h17-20H,1-15H2. The van der Waals surface area contributed by atoms with E-state index in [0.29, 0.717) is 11.7 Å². The van der Waals surface area contributed by atoms with Crippen LogP contribution in [-0.2, 0) is 9.53 Å². The molecular formula is C21H34O2. The summed E-state index contributed by atoms with van der Waals surface area (Å²) in [6.07, 6.45) is 15.9. The third-order valence-corrected chi connectivity index (χ3v) is 6.60. The van der Waals surface area contributed by atoms with E-state index in [9.17, 15) is 4.79 Å². The maximum Gasteiger partial charge on any atom is 0.136 e. The lowest BCUT2D eigenvalue weighted by Crippen LogP contribution is -2.14. The summed E-state index contributed by atoms with van der Waals surface area (Å²) in [6.45, 7) is 5.02. The molecule has 0 spiro atoms. The van der Waals surface area contributed by atoms with Gasteiger partial charge in [-0.2, -0.15) is 0 Å². The van der Waals surface area contributed by atoms with Crippen LogP contribution >= 0.6 is 0 Å². The quantitative estimate of drug-likeness (QED) is 0.539. The van der Waals surface area contributed by atoms with Crippen molar-refractivity contribution in [2.45, 2.75) is 83.5 Å². The van der Waals surface area contributed by atoms with Gasteiger partial charge < -0.3 is 4.74 Å². The highest BCUT2D eigenvalue weighted by Crippen LogP contribution is 2.38. The SMILES string of the molecule is C=C(OCC1CCCC1)C1CCC(C(=O)CCC2CCCC2)C1. The van der Waals surface area contributed by atoms with E-state index >= 15 is 0 Å². The van der Waals surface area contributed by atoms with Gasteiger partial charge in [0.2, 0.25) is 0 Å². The third kappa shape index (κ3) is 4.84. The van der Waals surface area contributed by atoms with Gasteiger partial charge in [0.25, 0.3) is 0 Å². The van der Waals surface area contributed by atoms with Gasteiger partial charge in [-0.15, -0.1) is 0 Å². The van der Waals surface area contributed by atoms with E-state index in [4.69, 9.17) is 4.74 Å². The Balaban J connectivity index is 1.35. The van der Waals surface area contributed by atoms with Crippen LogP contribution in [0.5, 0.6) is 0 Å². The minimum Gasteiger partial charge on any atom is -0.498 e. The first kappa shape index (κ1) is 17.0. The molecule has 0 aromatic heterocycles. The first-order valence-electron chi connectivity index (χ1n) is 10.1. The van der Waals surface area contributed by atoms with Crippen molar-refractivity contribution in [1.82, 2.24) is 0 Å². The molecule has 0 saturated heterocycles. The molecule has 0 bridgehead atoms. The van der Waals surface area contributed by atoms with Gasteiger partial charge in [0.05, 0.1) is 12.4 Å². The average Bonchev–Trinajstić information content (AvgIpc) is 3.32. The van der Waals surface area contributed by atoms with Crippen LogP contribution in [0.25, 0.3) is 0 Å². The zero-order chi connectivity index (χ0) is 16.1. The highest BCUT2D eigenvalue weighted by Gasteiger charge is 2.32. The number of ketones is 1. The molecule has 0 heterocycles. The molecule has 2 heteroatoms. The maximum atomic E-state index is 12.5. The molecule has 2 atom stereocenters. The van der Waals surface area contributed by atoms with Crippen LogP contribution in [0.1, 0.15) is 83.5 Å². The van der Waals surface area contributed by atoms with E-state index in [1.807, 2.05) is 0 Å². The maximum absolute atomic E-state index is 12.5. The van der Waals surface area contributed by atoms with Crippen LogP contribution in [0.4, 0.5) is 0 Å². The van der Waals surface area contributed by atoms with Crippen molar-refractivity contribution >= 4 is 5.78 Å². The summed E-state index contributed by atoms with van der Waals surface area (Å²) in [7, 11) is 0. The van der Waals surface area contributed by atoms with Gasteiger partial charge in [-0.05, 0) is 50.4 Å². The number of hydrogen-bond acceptors (Lipinski definition) is 2. The molecule has 0 aliphatic heterocycles. The summed E-state index contributed by atoms with van der Waals surface area (Å²) in [5, 5.41) is 0. The van der Waals surface area contributed by atoms with Crippen molar-refractivity contribution in [2.75, 3.05) is 6.61 Å². The molecule has 3 aliphatic rings. The van der Waals surface area contributed by atoms with Gasteiger partial charge in [-0.25, -0.2) is 0 Å². The van der Waals surface area contributed by atoms with Crippen molar-refractivity contribution in [2.24, 2.45) is 23.7 Å². The second kappa shape index (κ2) is 8.35. The number of ether oxygens (including phenoxy) is 1. The Morgan fingerprint density at radius 1 is 0.870 bits per heavy atom. The summed E-state index contributed by atoms with van der Waals surface area (Å²) in [5.74, 6) is 3.77. The van der Waals surface area contributed by atoms with Gasteiger partial charge in [0.15, 0.2) is 0 Å². The monoisotopic (exact) mass is 318 g/mol. The zero-order valence-corrected chi connectivity index (χ0v) is 14.7. The van der Waals surface area contributed by atoms with Gasteiger partial charge >= 0.3 is 0 Å². The fraction of sp³-hybridized carbons (Fsp3) is 0.857. The van der Waals surface area contributed by atoms with Crippen LogP contribution in [0.3, 0.4) is 0 Å². The van der Waals surface area contributed by atoms with Crippen LogP contribution < -0.4 is 0 Å². The number of Topliss-reactive ketones (excluding diaryl/α,β-unsaturated/α-hetero) is 1. The molecule has 3 aliphatic carbocycles. The Kier molecular flexibility index (Phi) is 6.19. The fourth-order valence-electron chi connectivity index (χ4n) is 4.94. The molecule has 0 N–H and O–H groups in total. The molecule has 0 radical (unpaired) electrons. The van der Waals surface area contributed by atoms with Gasteiger partial charge in [0, 0.05) is 18.3 Å². The molecule has 3 saturated carbocycles. The molecule has 2 nitrogen and oxygen atoms in total. The Morgan fingerprint density at radius 3 is 2.17 bits per heavy atom. The number of carbonyl (C=O) groups is 1. The first-order chi connectivity index (χ1) is 11.2. The number of hydrogen-bond donors (Lipinski definition) is 0. The summed E-state index contributed by atoms with van der Waals surface area (Å²) in [4.78, 5) is 12.5. The van der Waals surface area contributed by atoms with Crippen LogP contribution in [0.15, 0.2) is 12.3 Å². The molecule has 0 aromatic rings. The van der Waals surface area contributed by atoms with Crippen molar-refractivity contribution in [1.29, 1.82) is 0 Å². The van der Waals surface area contributed by atoms with Crippen molar-refractivity contribution in [3.05, 3.63) is 12.3 Å². The Bertz CT molecular complexity index is 364. The topological polar surface area (TPSA) is 26.3 Å². The highest BCUT2D eigenvalue weighted by atomic mass is 16.5. The largest absolute Gasteiger partial charge is 0.498 e. The van der Waals surface area contributed by atoms with Crippen LogP contribution in [-0.4, -0.2) is 12.4 Å². The molecule has 0 amide bonds. The van der Waals surface area contributed by atoms with E-state index in [1.165, 1.54) is 51.4 Å². The van der Waals surface area contributed by atoms with E-state index in [-0.39, 0.29) is 5.92 Å². The normalized spacial score (nSPS) is 29.2. The number of rotatable bonds is 8. The second-order valence-corrected chi connectivity index (χ2v) is 8.29. The van der Waals surface area contributed by atoms with Crippen LogP contribution in [0.2, 0.25) is 0 Å². The lowest BCUT2D eigenvalue weighted by atomic mass is 9.93. The second-order valence-electron chi connectivity index (χ2n) is 8.29. The van der Waals surface area contributed by atoms with Crippen molar-refractivity contribution in [3.8, 4) is 0 Å². The summed E-state index contributed by atoms with van der Waals surface area (Å²) in [6, 6.07) is 0. The van der Waals surface area contributed by atoms with Gasteiger partial charge in [0.1, 0.15) is 5.78 Å². The van der Waals surface area contributed by atoms with Crippen LogP contribution in [0, 0.1) is 23.7 Å². The Hall–Kier alpha value is -0.790. The van der Waals surface area contributed by atoms with Gasteiger partial charge in [-0.3, -0.25) is 4.79 Å². The molecule has 0 aromatic carbocycles. The fourth-order valence-corrected chi connectivity index (χ4v) is 4.94. The number of carbonyl (C=O) groups excluding carboxylic acids is 1.